The molecule has 0 radical (unpaired) electrons. The molecule has 2 aromatic carbocycles. The number of aromatic nitrogens is 2. The van der Waals surface area contributed by atoms with E-state index < -0.39 is 0 Å². The molecule has 1 saturated carbocycles. The highest BCUT2D eigenvalue weighted by atomic mass is 35.5. The Morgan fingerprint density at radius 1 is 1.14 bits per heavy atom. The number of methoxy groups -OCH3 is 1. The Kier molecular flexibility index (Phi) is 5.88. The molecular weight excluding hydrogens is 409 g/mol. The van der Waals surface area contributed by atoms with Gasteiger partial charge in [0.2, 0.25) is 0 Å². The van der Waals surface area contributed by atoms with Crippen molar-refractivity contribution in [2.45, 2.75) is 38.0 Å². The van der Waals surface area contributed by atoms with Crippen molar-refractivity contribution in [3.05, 3.63) is 68.2 Å². The van der Waals surface area contributed by atoms with Crippen molar-refractivity contribution in [3.8, 4) is 5.75 Å². The van der Waals surface area contributed by atoms with E-state index in [9.17, 15) is 4.79 Å². The summed E-state index contributed by atoms with van der Waals surface area (Å²) >= 11 is 12.5. The van der Waals surface area contributed by atoms with Gasteiger partial charge in [-0.3, -0.25) is 4.79 Å². The molecule has 4 rings (SSSR count). The van der Waals surface area contributed by atoms with Crippen LogP contribution in [0.3, 0.4) is 0 Å². The van der Waals surface area contributed by atoms with Crippen LogP contribution in [-0.4, -0.2) is 23.0 Å². The van der Waals surface area contributed by atoms with E-state index in [1.54, 1.807) is 24.4 Å². The molecule has 0 saturated heterocycles. The van der Waals surface area contributed by atoms with Gasteiger partial charge >= 0.3 is 0 Å². The van der Waals surface area contributed by atoms with E-state index in [0.717, 1.165) is 31.5 Å². The lowest BCUT2D eigenvalue weighted by Gasteiger charge is -2.22. The van der Waals surface area contributed by atoms with Gasteiger partial charge in [-0.25, -0.2) is 4.98 Å². The van der Waals surface area contributed by atoms with E-state index in [1.807, 2.05) is 18.2 Å². The van der Waals surface area contributed by atoms with Crippen molar-refractivity contribution in [1.82, 2.24) is 9.66 Å². The van der Waals surface area contributed by atoms with Crippen LogP contribution in [0.4, 0.5) is 0 Å². The summed E-state index contributed by atoms with van der Waals surface area (Å²) in [4.78, 5) is 18.0. The molecule has 29 heavy (non-hydrogen) atoms. The maximum Gasteiger partial charge on any atom is 0.282 e. The Labute approximate surface area is 178 Å². The highest BCUT2D eigenvalue weighted by Crippen LogP contribution is 2.34. The third-order valence-corrected chi connectivity index (χ3v) is 5.86. The van der Waals surface area contributed by atoms with Crippen molar-refractivity contribution in [2.24, 2.45) is 5.10 Å². The smallest absolute Gasteiger partial charge is 0.282 e. The second-order valence-electron chi connectivity index (χ2n) is 7.20. The van der Waals surface area contributed by atoms with Crippen LogP contribution >= 0.6 is 23.2 Å². The van der Waals surface area contributed by atoms with Gasteiger partial charge in [-0.05, 0) is 42.7 Å². The van der Waals surface area contributed by atoms with Crippen LogP contribution in [0.1, 0.15) is 49.4 Å². The third-order valence-electron chi connectivity index (χ3n) is 5.30. The van der Waals surface area contributed by atoms with Crippen LogP contribution in [-0.2, 0) is 0 Å². The minimum absolute atomic E-state index is 0.168. The molecule has 1 aliphatic carbocycles. The summed E-state index contributed by atoms with van der Waals surface area (Å²) in [5.74, 6) is 1.36. The first-order valence-corrected chi connectivity index (χ1v) is 10.4. The van der Waals surface area contributed by atoms with Crippen LogP contribution in [0.25, 0.3) is 10.9 Å². The van der Waals surface area contributed by atoms with Crippen LogP contribution in [0.2, 0.25) is 10.0 Å². The molecule has 0 amide bonds. The number of fused-ring (bicyclic) bond motifs is 1. The van der Waals surface area contributed by atoms with E-state index in [0.29, 0.717) is 32.3 Å². The van der Waals surface area contributed by atoms with Gasteiger partial charge in [0.25, 0.3) is 5.56 Å². The minimum Gasteiger partial charge on any atom is -0.494 e. The number of hydrogen-bond donors (Lipinski definition) is 0. The van der Waals surface area contributed by atoms with Gasteiger partial charge in [-0.2, -0.15) is 9.78 Å². The SMILES string of the molecule is COc1c(Cl)cc(C=Nn2c(C3CCCCC3)nc3ccccc3c2=O)cc1Cl. The first-order valence-electron chi connectivity index (χ1n) is 9.67. The summed E-state index contributed by atoms with van der Waals surface area (Å²) in [5.41, 5.74) is 1.22. The lowest BCUT2D eigenvalue weighted by molar-refractivity contribution is 0.415. The summed E-state index contributed by atoms with van der Waals surface area (Å²) in [5, 5.41) is 5.82. The predicted octanol–water partition coefficient (Wildman–Crippen LogP) is 5.64. The summed E-state index contributed by atoms with van der Waals surface area (Å²) < 4.78 is 6.62. The molecule has 0 unspecified atom stereocenters. The molecule has 5 nitrogen and oxygen atoms in total. The van der Waals surface area contributed by atoms with Crippen molar-refractivity contribution < 1.29 is 4.74 Å². The summed E-state index contributed by atoms with van der Waals surface area (Å²) in [7, 11) is 1.51. The maximum atomic E-state index is 13.2. The van der Waals surface area contributed by atoms with Crippen molar-refractivity contribution in [2.75, 3.05) is 7.11 Å². The van der Waals surface area contributed by atoms with Crippen LogP contribution in [0.15, 0.2) is 46.3 Å². The Morgan fingerprint density at radius 3 is 2.52 bits per heavy atom. The molecule has 3 aromatic rings. The van der Waals surface area contributed by atoms with Crippen LogP contribution in [0, 0.1) is 0 Å². The number of hydrogen-bond acceptors (Lipinski definition) is 4. The lowest BCUT2D eigenvalue weighted by Crippen LogP contribution is -2.25. The van der Waals surface area contributed by atoms with Gasteiger partial charge in [0.1, 0.15) is 5.82 Å². The zero-order chi connectivity index (χ0) is 20.4. The molecule has 0 bridgehead atoms. The third kappa shape index (κ3) is 4.02. The fourth-order valence-electron chi connectivity index (χ4n) is 3.85. The first kappa shape index (κ1) is 19.9. The maximum absolute atomic E-state index is 13.2. The Balaban J connectivity index is 1.82. The zero-order valence-electron chi connectivity index (χ0n) is 16.1. The summed E-state index contributed by atoms with van der Waals surface area (Å²) in [6, 6.07) is 10.8. The second-order valence-corrected chi connectivity index (χ2v) is 8.02. The highest BCUT2D eigenvalue weighted by molar-refractivity contribution is 6.37. The highest BCUT2D eigenvalue weighted by Gasteiger charge is 2.22. The monoisotopic (exact) mass is 429 g/mol. The number of nitrogens with zero attached hydrogens (tertiary/aromatic N) is 3. The van der Waals surface area contributed by atoms with E-state index in [1.165, 1.54) is 18.2 Å². The number of benzene rings is 2. The Hall–Kier alpha value is -2.37. The van der Waals surface area contributed by atoms with Gasteiger partial charge in [-0.15, -0.1) is 0 Å². The molecule has 1 heterocycles. The summed E-state index contributed by atoms with van der Waals surface area (Å²) in [6.07, 6.45) is 7.12. The van der Waals surface area contributed by atoms with Crippen LogP contribution < -0.4 is 10.3 Å². The van der Waals surface area contributed by atoms with Crippen molar-refractivity contribution in [1.29, 1.82) is 0 Å². The molecule has 0 spiro atoms. The van der Waals surface area contributed by atoms with E-state index in [4.69, 9.17) is 32.9 Å². The van der Waals surface area contributed by atoms with Gasteiger partial charge in [-0.1, -0.05) is 54.6 Å². The van der Waals surface area contributed by atoms with Gasteiger partial charge in [0, 0.05) is 5.92 Å². The minimum atomic E-state index is -0.168. The van der Waals surface area contributed by atoms with Gasteiger partial charge in [0.05, 0.1) is 34.3 Å². The molecule has 1 aliphatic rings. The first-order chi connectivity index (χ1) is 14.1. The van der Waals surface area contributed by atoms with E-state index in [-0.39, 0.29) is 11.5 Å². The van der Waals surface area contributed by atoms with Crippen LogP contribution in [0.5, 0.6) is 5.75 Å². The number of ether oxygens (including phenoxy) is 1. The van der Waals surface area contributed by atoms with E-state index >= 15 is 0 Å². The zero-order valence-corrected chi connectivity index (χ0v) is 17.6. The number of para-hydroxylation sites is 1. The van der Waals surface area contributed by atoms with Gasteiger partial charge in [0.15, 0.2) is 5.75 Å². The quantitative estimate of drug-likeness (QED) is 0.504. The molecule has 1 fully saturated rings. The van der Waals surface area contributed by atoms with Gasteiger partial charge < -0.3 is 4.74 Å². The molecule has 0 N–H and O–H groups in total. The molecular formula is C22H21Cl2N3O2. The molecule has 0 atom stereocenters. The fraction of sp³-hybridized carbons (Fsp3) is 0.318. The standard InChI is InChI=1S/C22H21Cl2N3O2/c1-29-20-17(23)11-14(12-18(20)24)13-25-27-21(15-7-3-2-4-8-15)26-19-10-6-5-9-16(19)22(27)28/h5-6,9-13,15H,2-4,7-8H2,1H3. The number of rotatable bonds is 4. The normalized spacial score (nSPS) is 15.3. The molecule has 150 valence electrons. The Morgan fingerprint density at radius 2 is 1.83 bits per heavy atom. The van der Waals surface area contributed by atoms with E-state index in [2.05, 4.69) is 5.10 Å². The largest absolute Gasteiger partial charge is 0.494 e. The molecule has 7 heteroatoms. The van der Waals surface area contributed by atoms with Crippen molar-refractivity contribution in [3.63, 3.8) is 0 Å². The number of halogens is 2. The average Bonchev–Trinajstić information content (AvgIpc) is 2.73. The predicted molar refractivity (Wildman–Crippen MR) is 118 cm³/mol. The molecule has 1 aromatic heterocycles. The summed E-state index contributed by atoms with van der Waals surface area (Å²) in [6.45, 7) is 0. The second kappa shape index (κ2) is 8.56. The average molecular weight is 430 g/mol. The molecule has 0 aliphatic heterocycles. The fourth-order valence-corrected chi connectivity index (χ4v) is 4.51. The topological polar surface area (TPSA) is 56.5 Å². The lowest BCUT2D eigenvalue weighted by atomic mass is 9.88. The van der Waals surface area contributed by atoms with Crippen molar-refractivity contribution >= 4 is 40.3 Å². The Bertz CT molecular complexity index is 1110.